The number of amides is 1. The normalized spacial score (nSPS) is 15.6. The predicted molar refractivity (Wildman–Crippen MR) is 108 cm³/mol. The van der Waals surface area contributed by atoms with E-state index in [0.717, 1.165) is 41.7 Å². The highest BCUT2D eigenvalue weighted by molar-refractivity contribution is 6.19. The van der Waals surface area contributed by atoms with Crippen LogP contribution in [0, 0.1) is 0 Å². The molecule has 4 rings (SSSR count). The summed E-state index contributed by atoms with van der Waals surface area (Å²) in [6.07, 6.45) is 6.10. The van der Waals surface area contributed by atoms with Crippen LogP contribution in [0.5, 0.6) is 11.5 Å². The fourth-order valence-corrected chi connectivity index (χ4v) is 3.82. The highest BCUT2D eigenvalue weighted by Crippen LogP contribution is 2.31. The molecule has 0 spiro atoms. The number of benzene rings is 2. The lowest BCUT2D eigenvalue weighted by molar-refractivity contribution is -0.115. The first-order valence-electron chi connectivity index (χ1n) is 9.88. The molecule has 0 aromatic heterocycles. The quantitative estimate of drug-likeness (QED) is 0.615. The Bertz CT molecular complexity index is 903. The van der Waals surface area contributed by atoms with Gasteiger partial charge in [-0.05, 0) is 66.5 Å². The number of ether oxygens (including phenoxy) is 2. The van der Waals surface area contributed by atoms with Crippen molar-refractivity contribution < 1.29 is 19.4 Å². The Morgan fingerprint density at radius 2 is 1.79 bits per heavy atom. The van der Waals surface area contributed by atoms with Gasteiger partial charge in [-0.1, -0.05) is 24.3 Å². The minimum atomic E-state index is -0.268. The molecule has 5 heteroatoms. The summed E-state index contributed by atoms with van der Waals surface area (Å²) in [7, 11) is 0. The van der Waals surface area contributed by atoms with Crippen molar-refractivity contribution in [2.75, 3.05) is 19.8 Å². The van der Waals surface area contributed by atoms with Crippen LogP contribution < -0.4 is 14.8 Å². The Kier molecular flexibility index (Phi) is 5.51. The van der Waals surface area contributed by atoms with Crippen molar-refractivity contribution in [1.82, 2.24) is 5.32 Å². The summed E-state index contributed by atoms with van der Waals surface area (Å²) in [5, 5.41) is 12.6. The van der Waals surface area contributed by atoms with Crippen LogP contribution in [0.15, 0.2) is 42.7 Å². The van der Waals surface area contributed by atoms with Crippen LogP contribution in [0.1, 0.15) is 35.1 Å². The number of hydrogen-bond donors (Lipinski definition) is 2. The van der Waals surface area contributed by atoms with Crippen LogP contribution in [-0.2, 0) is 24.1 Å². The number of rotatable bonds is 5. The van der Waals surface area contributed by atoms with Crippen LogP contribution >= 0.6 is 0 Å². The smallest absolute Gasteiger partial charge is 0.255 e. The molecule has 1 aliphatic carbocycles. The Morgan fingerprint density at radius 3 is 2.61 bits per heavy atom. The average molecular weight is 379 g/mol. The molecular formula is C23H25NO4. The number of hydrogen-bond acceptors (Lipinski definition) is 4. The first kappa shape index (κ1) is 18.4. The van der Waals surface area contributed by atoms with Crippen molar-refractivity contribution in [3.05, 3.63) is 64.9 Å². The van der Waals surface area contributed by atoms with Gasteiger partial charge in [-0.15, -0.1) is 0 Å². The van der Waals surface area contributed by atoms with Gasteiger partial charge >= 0.3 is 0 Å². The van der Waals surface area contributed by atoms with Gasteiger partial charge in [0.25, 0.3) is 5.91 Å². The summed E-state index contributed by atoms with van der Waals surface area (Å²) < 4.78 is 11.1. The molecular weight excluding hydrogens is 354 g/mol. The second kappa shape index (κ2) is 8.38. The standard InChI is InChI=1S/C23H25NO4/c25-15-20(19-7-6-17-3-1-2-4-18(17)14-19)23(26)24-10-9-16-5-8-21-22(13-16)28-12-11-27-21/h5-8,13-15,25H,1-4,9-12H2,(H,24,26)/b20-15-. The third-order valence-electron chi connectivity index (χ3n) is 5.34. The first-order valence-corrected chi connectivity index (χ1v) is 9.88. The number of nitrogens with one attached hydrogen (secondary N) is 1. The molecule has 0 radical (unpaired) electrons. The van der Waals surface area contributed by atoms with E-state index in [0.29, 0.717) is 31.8 Å². The summed E-state index contributed by atoms with van der Waals surface area (Å²) in [4.78, 5) is 12.6. The zero-order valence-electron chi connectivity index (χ0n) is 15.9. The monoisotopic (exact) mass is 379 g/mol. The molecule has 5 nitrogen and oxygen atoms in total. The third kappa shape index (κ3) is 3.98. The molecule has 146 valence electrons. The predicted octanol–water partition coefficient (Wildman–Crippen LogP) is 3.59. The number of aliphatic hydroxyl groups excluding tert-OH is 1. The van der Waals surface area contributed by atoms with E-state index in [1.165, 1.54) is 24.0 Å². The van der Waals surface area contributed by atoms with Crippen LogP contribution in [0.2, 0.25) is 0 Å². The van der Waals surface area contributed by atoms with Gasteiger partial charge in [-0.2, -0.15) is 0 Å². The van der Waals surface area contributed by atoms with E-state index in [4.69, 9.17) is 9.47 Å². The van der Waals surface area contributed by atoms with E-state index >= 15 is 0 Å². The van der Waals surface area contributed by atoms with E-state index in [1.54, 1.807) is 0 Å². The fraction of sp³-hybridized carbons (Fsp3) is 0.348. The number of fused-ring (bicyclic) bond motifs is 2. The zero-order valence-corrected chi connectivity index (χ0v) is 15.9. The molecule has 2 aromatic rings. The molecule has 0 saturated carbocycles. The third-order valence-corrected chi connectivity index (χ3v) is 5.34. The molecule has 0 bridgehead atoms. The van der Waals surface area contributed by atoms with E-state index in [-0.39, 0.29) is 5.91 Å². The second-order valence-electron chi connectivity index (χ2n) is 7.22. The number of carbonyl (C=O) groups is 1. The molecule has 2 aliphatic rings. The topological polar surface area (TPSA) is 67.8 Å². The highest BCUT2D eigenvalue weighted by atomic mass is 16.6. The minimum absolute atomic E-state index is 0.268. The molecule has 28 heavy (non-hydrogen) atoms. The molecule has 1 heterocycles. The molecule has 2 N–H and O–H groups in total. The van der Waals surface area contributed by atoms with Crippen molar-refractivity contribution in [1.29, 1.82) is 0 Å². The lowest BCUT2D eigenvalue weighted by Gasteiger charge is -2.19. The van der Waals surface area contributed by atoms with Crippen molar-refractivity contribution in [3.63, 3.8) is 0 Å². The molecule has 0 saturated heterocycles. The summed E-state index contributed by atoms with van der Waals surface area (Å²) in [5.41, 5.74) is 4.77. The van der Waals surface area contributed by atoms with Gasteiger partial charge in [0.05, 0.1) is 11.8 Å². The van der Waals surface area contributed by atoms with Gasteiger partial charge in [0.15, 0.2) is 11.5 Å². The maximum Gasteiger partial charge on any atom is 0.255 e. The van der Waals surface area contributed by atoms with Gasteiger partial charge in [0.2, 0.25) is 0 Å². The Hall–Kier alpha value is -2.95. The fourth-order valence-electron chi connectivity index (χ4n) is 3.82. The lowest BCUT2D eigenvalue weighted by atomic mass is 9.89. The number of aryl methyl sites for hydroxylation is 2. The van der Waals surface area contributed by atoms with Crippen molar-refractivity contribution in [2.45, 2.75) is 32.1 Å². The second-order valence-corrected chi connectivity index (χ2v) is 7.22. The molecule has 1 amide bonds. The van der Waals surface area contributed by atoms with Gasteiger partial charge < -0.3 is 19.9 Å². The Labute approximate surface area is 165 Å². The average Bonchev–Trinajstić information content (AvgIpc) is 2.74. The maximum atomic E-state index is 12.6. The van der Waals surface area contributed by atoms with Crippen molar-refractivity contribution in [2.24, 2.45) is 0 Å². The number of carbonyl (C=O) groups excluding carboxylic acids is 1. The van der Waals surface area contributed by atoms with Gasteiger partial charge in [-0.25, -0.2) is 0 Å². The van der Waals surface area contributed by atoms with Crippen molar-refractivity contribution >= 4 is 11.5 Å². The molecule has 0 unspecified atom stereocenters. The zero-order chi connectivity index (χ0) is 19.3. The van der Waals surface area contributed by atoms with Gasteiger partial charge in [0.1, 0.15) is 13.2 Å². The lowest BCUT2D eigenvalue weighted by Crippen LogP contribution is -2.26. The summed E-state index contributed by atoms with van der Waals surface area (Å²) in [6.45, 7) is 1.60. The van der Waals surface area contributed by atoms with E-state index < -0.39 is 0 Å². The van der Waals surface area contributed by atoms with Gasteiger partial charge in [0, 0.05) is 6.54 Å². The summed E-state index contributed by atoms with van der Waals surface area (Å²) >= 11 is 0. The highest BCUT2D eigenvalue weighted by Gasteiger charge is 2.16. The molecule has 0 fully saturated rings. The maximum absolute atomic E-state index is 12.6. The Balaban J connectivity index is 1.37. The molecule has 2 aromatic carbocycles. The van der Waals surface area contributed by atoms with Crippen LogP contribution in [-0.4, -0.2) is 30.8 Å². The first-order chi connectivity index (χ1) is 13.7. The molecule has 1 aliphatic heterocycles. The number of aliphatic hydroxyl groups is 1. The summed E-state index contributed by atoms with van der Waals surface area (Å²) in [5.74, 6) is 1.24. The Morgan fingerprint density at radius 1 is 1.00 bits per heavy atom. The SMILES string of the molecule is O=C(NCCc1ccc2c(c1)OCCO2)/C(=C\O)c1ccc2c(c1)CCCC2. The van der Waals surface area contributed by atoms with Crippen LogP contribution in [0.4, 0.5) is 0 Å². The van der Waals surface area contributed by atoms with Crippen LogP contribution in [0.3, 0.4) is 0 Å². The summed E-state index contributed by atoms with van der Waals surface area (Å²) in [6, 6.07) is 11.9. The van der Waals surface area contributed by atoms with E-state index in [9.17, 15) is 9.90 Å². The van der Waals surface area contributed by atoms with E-state index in [2.05, 4.69) is 11.4 Å². The largest absolute Gasteiger partial charge is 0.515 e. The van der Waals surface area contributed by atoms with Gasteiger partial charge in [-0.3, -0.25) is 4.79 Å². The van der Waals surface area contributed by atoms with E-state index in [1.807, 2.05) is 30.3 Å². The minimum Gasteiger partial charge on any atom is -0.515 e. The molecule has 0 atom stereocenters. The van der Waals surface area contributed by atoms with Crippen molar-refractivity contribution in [3.8, 4) is 11.5 Å². The van der Waals surface area contributed by atoms with Crippen LogP contribution in [0.25, 0.3) is 5.57 Å².